The van der Waals surface area contributed by atoms with Crippen LogP contribution in [0.4, 0.5) is 0 Å². The second-order valence-corrected chi connectivity index (χ2v) is 7.27. The predicted octanol–water partition coefficient (Wildman–Crippen LogP) is 2.73. The van der Waals surface area contributed by atoms with Crippen molar-refractivity contribution >= 4 is 16.7 Å². The lowest BCUT2D eigenvalue weighted by Gasteiger charge is -2.21. The third kappa shape index (κ3) is 3.15. The molecule has 0 radical (unpaired) electrons. The summed E-state index contributed by atoms with van der Waals surface area (Å²) in [5.74, 6) is 1.52. The molecule has 0 aliphatic carbocycles. The van der Waals surface area contributed by atoms with Crippen LogP contribution >= 0.6 is 0 Å². The first kappa shape index (κ1) is 14.1. The first-order chi connectivity index (χ1) is 8.91. The minimum Gasteiger partial charge on any atom is -0.497 e. The van der Waals surface area contributed by atoms with Crippen molar-refractivity contribution in [3.05, 3.63) is 23.8 Å². The van der Waals surface area contributed by atoms with E-state index in [-0.39, 0.29) is 4.75 Å². The van der Waals surface area contributed by atoms with Gasteiger partial charge in [-0.2, -0.15) is 4.40 Å². The summed E-state index contributed by atoms with van der Waals surface area (Å²) in [4.78, 5) is 0. The average molecular weight is 281 g/mol. The van der Waals surface area contributed by atoms with Crippen molar-refractivity contribution in [1.29, 1.82) is 0 Å². The van der Waals surface area contributed by atoms with Gasteiger partial charge in [0.1, 0.15) is 22.5 Å². The molecule has 104 valence electrons. The lowest BCUT2D eigenvalue weighted by molar-refractivity contribution is 0.319. The van der Waals surface area contributed by atoms with E-state index < -0.39 is 11.0 Å². The Hall–Kier alpha value is -1.36. The predicted molar refractivity (Wildman–Crippen MR) is 77.5 cm³/mol. The largest absolute Gasteiger partial charge is 0.497 e. The molecule has 5 heteroatoms. The fourth-order valence-corrected chi connectivity index (χ4v) is 2.38. The molecule has 19 heavy (non-hydrogen) atoms. The van der Waals surface area contributed by atoms with Crippen LogP contribution in [0, 0.1) is 0 Å². The lowest BCUT2D eigenvalue weighted by atomic mass is 10.0. The van der Waals surface area contributed by atoms with Crippen LogP contribution in [-0.2, 0) is 11.0 Å². The number of benzene rings is 1. The minimum absolute atomic E-state index is 0.357. The quantitative estimate of drug-likeness (QED) is 0.837. The van der Waals surface area contributed by atoms with Crippen molar-refractivity contribution in [3.8, 4) is 11.5 Å². The summed E-state index contributed by atoms with van der Waals surface area (Å²) in [5, 5.41) is 0. The highest BCUT2D eigenvalue weighted by molar-refractivity contribution is 7.85. The molecular formula is C14H19NO3S. The molecule has 1 aliphatic heterocycles. The average Bonchev–Trinajstić information content (AvgIpc) is 2.37. The molecule has 2 rings (SSSR count). The van der Waals surface area contributed by atoms with Crippen molar-refractivity contribution in [2.24, 2.45) is 4.40 Å². The number of hydrogen-bond acceptors (Lipinski definition) is 3. The molecule has 1 aromatic carbocycles. The molecule has 0 aromatic heterocycles. The maximum absolute atomic E-state index is 12.1. The van der Waals surface area contributed by atoms with Crippen molar-refractivity contribution in [2.45, 2.75) is 31.9 Å². The first-order valence-corrected chi connectivity index (χ1v) is 7.33. The van der Waals surface area contributed by atoms with Crippen LogP contribution in [0.2, 0.25) is 0 Å². The van der Waals surface area contributed by atoms with Gasteiger partial charge in [0, 0.05) is 12.0 Å². The Labute approximate surface area is 116 Å². The van der Waals surface area contributed by atoms with Crippen LogP contribution in [0.1, 0.15) is 32.8 Å². The smallest absolute Gasteiger partial charge is 0.145 e. The van der Waals surface area contributed by atoms with E-state index in [1.165, 1.54) is 0 Å². The zero-order chi connectivity index (χ0) is 14.0. The number of methoxy groups -OCH3 is 1. The second-order valence-electron chi connectivity index (χ2n) is 5.36. The van der Waals surface area contributed by atoms with Gasteiger partial charge in [-0.25, -0.2) is 4.21 Å². The highest BCUT2D eigenvalue weighted by Crippen LogP contribution is 2.29. The van der Waals surface area contributed by atoms with E-state index in [9.17, 15) is 4.21 Å². The third-order valence-corrected chi connectivity index (χ3v) is 4.24. The Morgan fingerprint density at radius 1 is 1.37 bits per heavy atom. The fraction of sp³-hybridized carbons (Fsp3) is 0.500. The zero-order valence-corrected chi connectivity index (χ0v) is 12.5. The van der Waals surface area contributed by atoms with Gasteiger partial charge in [0.05, 0.1) is 24.2 Å². The van der Waals surface area contributed by atoms with Crippen LogP contribution in [-0.4, -0.2) is 28.4 Å². The molecule has 0 unspecified atom stereocenters. The summed E-state index contributed by atoms with van der Waals surface area (Å²) in [6, 6.07) is 5.60. The first-order valence-electron chi connectivity index (χ1n) is 6.22. The van der Waals surface area contributed by atoms with E-state index in [2.05, 4.69) is 4.40 Å². The summed E-state index contributed by atoms with van der Waals surface area (Å²) in [6.07, 6.45) is 0.669. The summed E-state index contributed by atoms with van der Waals surface area (Å²) in [6.45, 7) is 6.32. The molecule has 0 spiro atoms. The number of ether oxygens (including phenoxy) is 2. The molecule has 0 amide bonds. The molecule has 1 aromatic rings. The summed E-state index contributed by atoms with van der Waals surface area (Å²) in [5.41, 5.74) is 1.71. The molecule has 0 bridgehead atoms. The second kappa shape index (κ2) is 5.33. The zero-order valence-electron chi connectivity index (χ0n) is 11.7. The highest BCUT2D eigenvalue weighted by Gasteiger charge is 2.23. The van der Waals surface area contributed by atoms with Gasteiger partial charge >= 0.3 is 0 Å². The van der Waals surface area contributed by atoms with Gasteiger partial charge in [-0.05, 0) is 39.0 Å². The van der Waals surface area contributed by atoms with Gasteiger partial charge in [0.15, 0.2) is 0 Å². The standard InChI is InChI=1S/C14H19NO3S/c1-14(2,3)19(16)15-12-7-8-18-13-6-5-10(17-4)9-11(12)13/h5-6,9H,7-8H2,1-4H3/t19-/m0/s1. The molecule has 1 atom stereocenters. The summed E-state index contributed by atoms with van der Waals surface area (Å²) >= 11 is 0. The van der Waals surface area contributed by atoms with E-state index in [0.717, 1.165) is 22.8 Å². The van der Waals surface area contributed by atoms with Gasteiger partial charge in [-0.3, -0.25) is 0 Å². The Balaban J connectivity index is 2.41. The van der Waals surface area contributed by atoms with Gasteiger partial charge in [0.25, 0.3) is 0 Å². The van der Waals surface area contributed by atoms with E-state index in [4.69, 9.17) is 9.47 Å². The maximum Gasteiger partial charge on any atom is 0.145 e. The highest BCUT2D eigenvalue weighted by atomic mass is 32.2. The van der Waals surface area contributed by atoms with Crippen molar-refractivity contribution in [2.75, 3.05) is 13.7 Å². The number of rotatable bonds is 2. The summed E-state index contributed by atoms with van der Waals surface area (Å²) in [7, 11) is 0.361. The van der Waals surface area contributed by atoms with Crippen LogP contribution in [0.25, 0.3) is 0 Å². The van der Waals surface area contributed by atoms with Crippen molar-refractivity contribution in [3.63, 3.8) is 0 Å². The SMILES string of the molecule is COc1ccc2c(c1)C(=N[S@@](=O)C(C)(C)C)CCO2. The molecule has 1 aliphatic rings. The van der Waals surface area contributed by atoms with Crippen LogP contribution in [0.15, 0.2) is 22.6 Å². The van der Waals surface area contributed by atoms with Gasteiger partial charge in [0.2, 0.25) is 0 Å². The molecule has 0 fully saturated rings. The minimum atomic E-state index is -1.26. The molecule has 0 saturated heterocycles. The van der Waals surface area contributed by atoms with Crippen molar-refractivity contribution < 1.29 is 13.7 Å². The number of hydrogen-bond donors (Lipinski definition) is 0. The Bertz CT molecular complexity index is 532. The van der Waals surface area contributed by atoms with E-state index in [0.29, 0.717) is 13.0 Å². The molecule has 0 saturated carbocycles. The molecular weight excluding hydrogens is 262 g/mol. The lowest BCUT2D eigenvalue weighted by Crippen LogP contribution is -2.23. The molecule has 1 heterocycles. The fourth-order valence-electron chi connectivity index (χ4n) is 1.71. The molecule has 0 N–H and O–H groups in total. The summed E-state index contributed by atoms with van der Waals surface area (Å²) < 4.78 is 27.0. The Morgan fingerprint density at radius 3 is 2.74 bits per heavy atom. The van der Waals surface area contributed by atoms with Crippen LogP contribution in [0.5, 0.6) is 11.5 Å². The van der Waals surface area contributed by atoms with Crippen molar-refractivity contribution in [1.82, 2.24) is 0 Å². The van der Waals surface area contributed by atoms with Gasteiger partial charge < -0.3 is 9.47 Å². The van der Waals surface area contributed by atoms with Crippen LogP contribution in [0.3, 0.4) is 0 Å². The van der Waals surface area contributed by atoms with E-state index in [1.807, 2.05) is 39.0 Å². The van der Waals surface area contributed by atoms with E-state index in [1.54, 1.807) is 7.11 Å². The maximum atomic E-state index is 12.1. The molecule has 4 nitrogen and oxygen atoms in total. The van der Waals surface area contributed by atoms with E-state index >= 15 is 0 Å². The number of nitrogens with zero attached hydrogens (tertiary/aromatic N) is 1. The third-order valence-electron chi connectivity index (χ3n) is 2.81. The Kier molecular flexibility index (Phi) is 3.94. The van der Waals surface area contributed by atoms with Crippen LogP contribution < -0.4 is 9.47 Å². The monoisotopic (exact) mass is 281 g/mol. The topological polar surface area (TPSA) is 47.9 Å². The Morgan fingerprint density at radius 2 is 2.11 bits per heavy atom. The van der Waals surface area contributed by atoms with Gasteiger partial charge in [-0.1, -0.05) is 0 Å². The normalized spacial score (nSPS) is 18.6. The van der Waals surface area contributed by atoms with Gasteiger partial charge in [-0.15, -0.1) is 0 Å². The number of fused-ring (bicyclic) bond motifs is 1.